The molecular formula is C11H19NO4. The van der Waals surface area contributed by atoms with Crippen molar-refractivity contribution in [1.29, 1.82) is 0 Å². The minimum atomic E-state index is -0.454. The molecule has 0 radical (unpaired) electrons. The van der Waals surface area contributed by atoms with Gasteiger partial charge in [-0.1, -0.05) is 0 Å². The summed E-state index contributed by atoms with van der Waals surface area (Å²) in [5.74, 6) is 0. The van der Waals surface area contributed by atoms with Crippen LogP contribution in [0.2, 0.25) is 0 Å². The molecule has 0 bridgehead atoms. The number of nitrogens with zero attached hydrogens (tertiary/aromatic N) is 1. The second-order valence-corrected chi connectivity index (χ2v) is 5.19. The maximum absolute atomic E-state index is 11.9. The highest BCUT2D eigenvalue weighted by Crippen LogP contribution is 2.23. The van der Waals surface area contributed by atoms with Gasteiger partial charge in [0.25, 0.3) is 0 Å². The van der Waals surface area contributed by atoms with Gasteiger partial charge < -0.3 is 14.2 Å². The Bertz CT molecular complexity index is 270. The van der Waals surface area contributed by atoms with Gasteiger partial charge in [0.15, 0.2) is 0 Å². The van der Waals surface area contributed by atoms with Crippen LogP contribution in [0.3, 0.4) is 0 Å². The van der Waals surface area contributed by atoms with Crippen LogP contribution in [0.1, 0.15) is 20.8 Å². The van der Waals surface area contributed by atoms with Gasteiger partial charge in [0.2, 0.25) is 0 Å². The van der Waals surface area contributed by atoms with Crippen LogP contribution in [0, 0.1) is 0 Å². The van der Waals surface area contributed by atoms with Crippen molar-refractivity contribution >= 4 is 6.09 Å². The van der Waals surface area contributed by atoms with E-state index in [-0.39, 0.29) is 18.2 Å². The third-order valence-electron chi connectivity index (χ3n) is 2.58. The number of epoxide rings is 1. The number of carbonyl (C=O) groups excluding carboxylic acids is 1. The molecule has 0 aromatic rings. The van der Waals surface area contributed by atoms with Crippen LogP contribution in [-0.2, 0) is 14.2 Å². The number of hydrogen-bond acceptors (Lipinski definition) is 4. The first-order valence-electron chi connectivity index (χ1n) is 5.66. The van der Waals surface area contributed by atoms with Crippen molar-refractivity contribution in [3.63, 3.8) is 0 Å². The SMILES string of the molecule is CC(C)(C)OC(=O)N1CCOCC1[C@@H]1CO1. The molecule has 1 amide bonds. The molecule has 2 aliphatic heterocycles. The normalized spacial score (nSPS) is 30.1. The lowest BCUT2D eigenvalue weighted by molar-refractivity contribution is -0.0381. The molecule has 5 heteroatoms. The second-order valence-electron chi connectivity index (χ2n) is 5.19. The number of rotatable bonds is 1. The molecule has 2 aliphatic rings. The first-order chi connectivity index (χ1) is 7.47. The molecule has 0 aromatic carbocycles. The Morgan fingerprint density at radius 2 is 2.06 bits per heavy atom. The molecule has 0 saturated carbocycles. The molecule has 2 atom stereocenters. The largest absolute Gasteiger partial charge is 0.444 e. The van der Waals surface area contributed by atoms with Crippen molar-refractivity contribution in [3.05, 3.63) is 0 Å². The lowest BCUT2D eigenvalue weighted by Crippen LogP contribution is -2.52. The molecule has 0 aliphatic carbocycles. The van der Waals surface area contributed by atoms with E-state index in [1.165, 1.54) is 0 Å². The molecule has 16 heavy (non-hydrogen) atoms. The summed E-state index contributed by atoms with van der Waals surface area (Å²) in [5, 5.41) is 0. The second kappa shape index (κ2) is 4.22. The number of amides is 1. The van der Waals surface area contributed by atoms with Crippen molar-refractivity contribution in [2.24, 2.45) is 0 Å². The fourth-order valence-electron chi connectivity index (χ4n) is 1.76. The summed E-state index contributed by atoms with van der Waals surface area (Å²) in [5.41, 5.74) is -0.454. The van der Waals surface area contributed by atoms with Gasteiger partial charge >= 0.3 is 6.09 Å². The molecular weight excluding hydrogens is 210 g/mol. The van der Waals surface area contributed by atoms with Crippen LogP contribution in [0.15, 0.2) is 0 Å². The third-order valence-corrected chi connectivity index (χ3v) is 2.58. The van der Waals surface area contributed by atoms with Gasteiger partial charge in [-0.15, -0.1) is 0 Å². The highest BCUT2D eigenvalue weighted by molar-refractivity contribution is 5.68. The van der Waals surface area contributed by atoms with E-state index in [0.29, 0.717) is 26.4 Å². The van der Waals surface area contributed by atoms with Gasteiger partial charge in [-0.3, -0.25) is 4.90 Å². The van der Waals surface area contributed by atoms with Gasteiger partial charge in [-0.05, 0) is 20.8 Å². The smallest absolute Gasteiger partial charge is 0.410 e. The fraction of sp³-hybridized carbons (Fsp3) is 0.909. The Balaban J connectivity index is 1.96. The summed E-state index contributed by atoms with van der Waals surface area (Å²) >= 11 is 0. The van der Waals surface area contributed by atoms with Crippen molar-refractivity contribution in [2.45, 2.75) is 38.5 Å². The van der Waals surface area contributed by atoms with Crippen LogP contribution < -0.4 is 0 Å². The Hall–Kier alpha value is -0.810. The molecule has 0 aromatic heterocycles. The van der Waals surface area contributed by atoms with Crippen LogP contribution in [0.25, 0.3) is 0 Å². The topological polar surface area (TPSA) is 51.3 Å². The van der Waals surface area contributed by atoms with Crippen molar-refractivity contribution < 1.29 is 19.0 Å². The Kier molecular flexibility index (Phi) is 3.08. The van der Waals surface area contributed by atoms with Gasteiger partial charge in [-0.25, -0.2) is 4.79 Å². The number of ether oxygens (including phenoxy) is 3. The van der Waals surface area contributed by atoms with Crippen molar-refractivity contribution in [3.8, 4) is 0 Å². The lowest BCUT2D eigenvalue weighted by Gasteiger charge is -2.35. The van der Waals surface area contributed by atoms with E-state index in [0.717, 1.165) is 0 Å². The number of hydrogen-bond donors (Lipinski definition) is 0. The average molecular weight is 229 g/mol. The Morgan fingerprint density at radius 1 is 1.38 bits per heavy atom. The summed E-state index contributed by atoms with van der Waals surface area (Å²) in [6, 6.07) is 0.0172. The maximum atomic E-state index is 11.9. The van der Waals surface area contributed by atoms with Crippen LogP contribution in [0.5, 0.6) is 0 Å². The molecule has 2 saturated heterocycles. The summed E-state index contributed by atoms with van der Waals surface area (Å²) in [7, 11) is 0. The quantitative estimate of drug-likeness (QED) is 0.630. The van der Waals surface area contributed by atoms with Gasteiger partial charge in [0.1, 0.15) is 11.7 Å². The zero-order valence-electron chi connectivity index (χ0n) is 10.1. The molecule has 2 fully saturated rings. The van der Waals surface area contributed by atoms with E-state index < -0.39 is 5.60 Å². The van der Waals surface area contributed by atoms with Crippen LogP contribution in [-0.4, -0.2) is 55.1 Å². The summed E-state index contributed by atoms with van der Waals surface area (Å²) in [4.78, 5) is 13.7. The van der Waals surface area contributed by atoms with Gasteiger partial charge in [0, 0.05) is 6.54 Å². The molecule has 5 nitrogen and oxygen atoms in total. The monoisotopic (exact) mass is 229 g/mol. The maximum Gasteiger partial charge on any atom is 0.410 e. The Morgan fingerprint density at radius 3 is 2.62 bits per heavy atom. The summed E-state index contributed by atoms with van der Waals surface area (Å²) in [6.07, 6.45) is -0.135. The van der Waals surface area contributed by atoms with Gasteiger partial charge in [0.05, 0.1) is 25.9 Å². The van der Waals surface area contributed by atoms with E-state index in [9.17, 15) is 4.79 Å². The molecule has 0 spiro atoms. The minimum absolute atomic E-state index is 0.0172. The zero-order chi connectivity index (χ0) is 11.8. The molecule has 92 valence electrons. The average Bonchev–Trinajstić information content (AvgIpc) is 2.98. The number of morpholine rings is 1. The third kappa shape index (κ3) is 2.86. The Labute approximate surface area is 95.6 Å². The fourth-order valence-corrected chi connectivity index (χ4v) is 1.76. The molecule has 0 N–H and O–H groups in total. The predicted molar refractivity (Wildman–Crippen MR) is 57.3 cm³/mol. The first-order valence-corrected chi connectivity index (χ1v) is 5.66. The molecule has 2 rings (SSSR count). The van der Waals surface area contributed by atoms with Crippen LogP contribution >= 0.6 is 0 Å². The van der Waals surface area contributed by atoms with E-state index in [1.54, 1.807) is 4.90 Å². The standard InChI is InChI=1S/C11H19NO4/c1-11(2,3)16-10(13)12-4-5-14-6-8(12)9-7-15-9/h8-9H,4-7H2,1-3H3/t8?,9-/m0/s1. The van der Waals surface area contributed by atoms with E-state index in [1.807, 2.05) is 20.8 Å². The predicted octanol–water partition coefficient (Wildman–Crippen LogP) is 1.02. The lowest BCUT2D eigenvalue weighted by atomic mass is 10.1. The van der Waals surface area contributed by atoms with E-state index >= 15 is 0 Å². The molecule has 1 unspecified atom stereocenters. The van der Waals surface area contributed by atoms with E-state index in [2.05, 4.69) is 0 Å². The summed E-state index contributed by atoms with van der Waals surface area (Å²) in [6.45, 7) is 8.02. The molecule has 2 heterocycles. The van der Waals surface area contributed by atoms with E-state index in [4.69, 9.17) is 14.2 Å². The highest BCUT2D eigenvalue weighted by Gasteiger charge is 2.42. The summed E-state index contributed by atoms with van der Waals surface area (Å²) < 4.78 is 16.0. The van der Waals surface area contributed by atoms with Crippen molar-refractivity contribution in [2.75, 3.05) is 26.4 Å². The highest BCUT2D eigenvalue weighted by atomic mass is 16.6. The van der Waals surface area contributed by atoms with Crippen molar-refractivity contribution in [1.82, 2.24) is 4.90 Å². The first kappa shape index (κ1) is 11.7. The van der Waals surface area contributed by atoms with Crippen LogP contribution in [0.4, 0.5) is 4.79 Å². The zero-order valence-corrected chi connectivity index (χ0v) is 10.1. The number of carbonyl (C=O) groups is 1. The minimum Gasteiger partial charge on any atom is -0.444 e. The van der Waals surface area contributed by atoms with Gasteiger partial charge in [-0.2, -0.15) is 0 Å².